The van der Waals surface area contributed by atoms with Crippen molar-refractivity contribution in [3.8, 4) is 0 Å². The predicted molar refractivity (Wildman–Crippen MR) is 56.7 cm³/mol. The number of hydrogen-bond donors (Lipinski definition) is 1. The molecule has 0 radical (unpaired) electrons. The average molecular weight is 181 g/mol. The minimum Gasteiger partial charge on any atom is -0.311 e. The lowest BCUT2D eigenvalue weighted by atomic mass is 9.69. The SMILES string of the molecule is CC1CCC2CC(C)C(C)CC2N1. The van der Waals surface area contributed by atoms with Gasteiger partial charge < -0.3 is 5.32 Å². The van der Waals surface area contributed by atoms with Crippen LogP contribution < -0.4 is 5.32 Å². The lowest BCUT2D eigenvalue weighted by Crippen LogP contribution is -2.50. The first-order valence-electron chi connectivity index (χ1n) is 5.93. The van der Waals surface area contributed by atoms with Crippen molar-refractivity contribution in [3.05, 3.63) is 0 Å². The first-order valence-corrected chi connectivity index (χ1v) is 5.93. The molecule has 1 N–H and O–H groups in total. The molecule has 2 rings (SSSR count). The molecule has 5 atom stereocenters. The second-order valence-corrected chi connectivity index (χ2v) is 5.44. The van der Waals surface area contributed by atoms with Crippen molar-refractivity contribution < 1.29 is 0 Å². The fourth-order valence-corrected chi connectivity index (χ4v) is 3.14. The van der Waals surface area contributed by atoms with Crippen LogP contribution in [0.1, 0.15) is 46.5 Å². The van der Waals surface area contributed by atoms with Crippen molar-refractivity contribution in [3.63, 3.8) is 0 Å². The Hall–Kier alpha value is -0.0400. The first kappa shape index (κ1) is 9.51. The van der Waals surface area contributed by atoms with Crippen LogP contribution in [0.3, 0.4) is 0 Å². The van der Waals surface area contributed by atoms with E-state index in [1.54, 1.807) is 0 Å². The zero-order valence-electron chi connectivity index (χ0n) is 9.22. The fraction of sp³-hybridized carbons (Fsp3) is 1.00. The van der Waals surface area contributed by atoms with Crippen LogP contribution in [0.25, 0.3) is 0 Å². The molecule has 13 heavy (non-hydrogen) atoms. The Morgan fingerprint density at radius 2 is 1.62 bits per heavy atom. The molecule has 0 bridgehead atoms. The highest BCUT2D eigenvalue weighted by Gasteiger charge is 2.35. The van der Waals surface area contributed by atoms with Crippen molar-refractivity contribution in [1.82, 2.24) is 5.32 Å². The van der Waals surface area contributed by atoms with E-state index in [0.29, 0.717) is 0 Å². The maximum atomic E-state index is 3.77. The van der Waals surface area contributed by atoms with Crippen molar-refractivity contribution in [2.75, 3.05) is 0 Å². The van der Waals surface area contributed by atoms with Crippen LogP contribution in [0.15, 0.2) is 0 Å². The number of hydrogen-bond acceptors (Lipinski definition) is 1. The van der Waals surface area contributed by atoms with E-state index in [4.69, 9.17) is 0 Å². The van der Waals surface area contributed by atoms with Gasteiger partial charge in [-0.15, -0.1) is 0 Å². The second kappa shape index (κ2) is 3.61. The van der Waals surface area contributed by atoms with Crippen molar-refractivity contribution in [2.24, 2.45) is 17.8 Å². The Morgan fingerprint density at radius 3 is 2.38 bits per heavy atom. The molecule has 2 aliphatic rings. The monoisotopic (exact) mass is 181 g/mol. The number of nitrogens with one attached hydrogen (secondary N) is 1. The van der Waals surface area contributed by atoms with Crippen molar-refractivity contribution >= 4 is 0 Å². The third kappa shape index (κ3) is 1.90. The van der Waals surface area contributed by atoms with Gasteiger partial charge >= 0.3 is 0 Å². The molecule has 0 spiro atoms. The predicted octanol–water partition coefficient (Wildman–Crippen LogP) is 2.81. The molecule has 76 valence electrons. The Labute approximate surface area is 82.3 Å². The van der Waals surface area contributed by atoms with Gasteiger partial charge in [0.25, 0.3) is 0 Å². The summed E-state index contributed by atoms with van der Waals surface area (Å²) in [5.74, 6) is 2.87. The molecule has 1 saturated heterocycles. The van der Waals surface area contributed by atoms with Crippen molar-refractivity contribution in [2.45, 2.75) is 58.5 Å². The van der Waals surface area contributed by atoms with Crippen LogP contribution in [0.2, 0.25) is 0 Å². The van der Waals surface area contributed by atoms with Gasteiger partial charge in [-0.05, 0) is 50.4 Å². The highest BCUT2D eigenvalue weighted by Crippen LogP contribution is 2.38. The molecule has 1 heterocycles. The fourth-order valence-electron chi connectivity index (χ4n) is 3.14. The topological polar surface area (TPSA) is 12.0 Å². The lowest BCUT2D eigenvalue weighted by Gasteiger charge is -2.44. The second-order valence-electron chi connectivity index (χ2n) is 5.44. The van der Waals surface area contributed by atoms with Crippen LogP contribution in [-0.4, -0.2) is 12.1 Å². The Morgan fingerprint density at radius 1 is 0.923 bits per heavy atom. The van der Waals surface area contributed by atoms with E-state index in [2.05, 4.69) is 26.1 Å². The molecular weight excluding hydrogens is 158 g/mol. The summed E-state index contributed by atoms with van der Waals surface area (Å²) in [5.41, 5.74) is 0. The molecular formula is C12H23N. The van der Waals surface area contributed by atoms with Crippen LogP contribution in [-0.2, 0) is 0 Å². The Kier molecular flexibility index (Phi) is 2.64. The molecule has 1 heteroatoms. The maximum Gasteiger partial charge on any atom is 0.0100 e. The summed E-state index contributed by atoms with van der Waals surface area (Å²) in [6.07, 6.45) is 5.74. The van der Waals surface area contributed by atoms with Gasteiger partial charge in [0, 0.05) is 12.1 Å². The van der Waals surface area contributed by atoms with E-state index in [9.17, 15) is 0 Å². The largest absolute Gasteiger partial charge is 0.311 e. The summed E-state index contributed by atoms with van der Waals surface area (Å²) in [4.78, 5) is 0. The smallest absolute Gasteiger partial charge is 0.0100 e. The van der Waals surface area contributed by atoms with E-state index >= 15 is 0 Å². The summed E-state index contributed by atoms with van der Waals surface area (Å²) in [7, 11) is 0. The molecule has 0 aromatic rings. The lowest BCUT2D eigenvalue weighted by molar-refractivity contribution is 0.111. The highest BCUT2D eigenvalue weighted by atomic mass is 15.0. The Balaban J connectivity index is 1.98. The quantitative estimate of drug-likeness (QED) is 0.606. The molecule has 1 saturated carbocycles. The Bertz CT molecular complexity index is 178. The van der Waals surface area contributed by atoms with Crippen molar-refractivity contribution in [1.29, 1.82) is 0 Å². The van der Waals surface area contributed by atoms with Gasteiger partial charge in [0.15, 0.2) is 0 Å². The van der Waals surface area contributed by atoms with Gasteiger partial charge in [0.05, 0.1) is 0 Å². The number of rotatable bonds is 0. The summed E-state index contributed by atoms with van der Waals surface area (Å²) >= 11 is 0. The van der Waals surface area contributed by atoms with Gasteiger partial charge in [0.2, 0.25) is 0 Å². The van der Waals surface area contributed by atoms with E-state index < -0.39 is 0 Å². The third-order valence-corrected chi connectivity index (χ3v) is 4.31. The van der Waals surface area contributed by atoms with Gasteiger partial charge in [-0.25, -0.2) is 0 Å². The summed E-state index contributed by atoms with van der Waals surface area (Å²) < 4.78 is 0. The van der Waals surface area contributed by atoms with Crippen LogP contribution >= 0.6 is 0 Å². The average Bonchev–Trinajstić information content (AvgIpc) is 2.08. The van der Waals surface area contributed by atoms with Gasteiger partial charge in [0.1, 0.15) is 0 Å². The van der Waals surface area contributed by atoms with E-state index in [1.807, 2.05) is 0 Å². The van der Waals surface area contributed by atoms with Crippen LogP contribution in [0.5, 0.6) is 0 Å². The number of piperidine rings is 1. The molecule has 2 fully saturated rings. The molecule has 0 aromatic heterocycles. The first-order chi connectivity index (χ1) is 6.16. The summed E-state index contributed by atoms with van der Waals surface area (Å²) in [6.45, 7) is 7.18. The zero-order chi connectivity index (χ0) is 9.42. The third-order valence-electron chi connectivity index (χ3n) is 4.31. The highest BCUT2D eigenvalue weighted by molar-refractivity contribution is 4.91. The van der Waals surface area contributed by atoms with Crippen LogP contribution in [0.4, 0.5) is 0 Å². The van der Waals surface area contributed by atoms with Gasteiger partial charge in [-0.1, -0.05) is 13.8 Å². The minimum absolute atomic E-state index is 0.766. The number of fused-ring (bicyclic) bond motifs is 1. The molecule has 1 nitrogen and oxygen atoms in total. The van der Waals surface area contributed by atoms with E-state index in [-0.39, 0.29) is 0 Å². The van der Waals surface area contributed by atoms with Gasteiger partial charge in [-0.3, -0.25) is 0 Å². The van der Waals surface area contributed by atoms with Crippen LogP contribution in [0, 0.1) is 17.8 Å². The summed E-state index contributed by atoms with van der Waals surface area (Å²) in [6, 6.07) is 1.61. The van der Waals surface area contributed by atoms with E-state index in [0.717, 1.165) is 29.8 Å². The van der Waals surface area contributed by atoms with E-state index in [1.165, 1.54) is 25.7 Å². The summed E-state index contributed by atoms with van der Waals surface area (Å²) in [5, 5.41) is 3.77. The normalized spacial score (nSPS) is 51.5. The molecule has 1 aliphatic heterocycles. The molecule has 0 aromatic carbocycles. The maximum absolute atomic E-state index is 3.77. The molecule has 0 amide bonds. The zero-order valence-corrected chi connectivity index (χ0v) is 9.22. The van der Waals surface area contributed by atoms with Gasteiger partial charge in [-0.2, -0.15) is 0 Å². The molecule has 1 aliphatic carbocycles. The minimum atomic E-state index is 0.766. The standard InChI is InChI=1S/C12H23N/c1-8-6-11-5-4-10(3)13-12(11)7-9(8)2/h8-13H,4-7H2,1-3H3. The molecule has 5 unspecified atom stereocenters.